The zero-order valence-electron chi connectivity index (χ0n) is 11.9. The Morgan fingerprint density at radius 3 is 2.63 bits per heavy atom. The smallest absolute Gasteiger partial charge is 0.252 e. The van der Waals surface area contributed by atoms with E-state index in [0.717, 1.165) is 6.42 Å². The van der Waals surface area contributed by atoms with Gasteiger partial charge in [0, 0.05) is 20.3 Å². The van der Waals surface area contributed by atoms with Gasteiger partial charge in [0.25, 0.3) is 5.91 Å². The summed E-state index contributed by atoms with van der Waals surface area (Å²) in [5.41, 5.74) is 0. The fraction of sp³-hybridized carbons (Fsp3) is 0.846. The molecule has 1 aliphatic rings. The molecule has 110 valence electrons. The van der Waals surface area contributed by atoms with Gasteiger partial charge >= 0.3 is 0 Å². The molecule has 2 N–H and O–H groups in total. The molecule has 6 nitrogen and oxygen atoms in total. The van der Waals surface area contributed by atoms with Gasteiger partial charge in [-0.15, -0.1) is 0 Å². The van der Waals surface area contributed by atoms with Crippen molar-refractivity contribution in [2.75, 3.05) is 26.9 Å². The van der Waals surface area contributed by atoms with Crippen LogP contribution in [0.15, 0.2) is 0 Å². The molecule has 2 unspecified atom stereocenters. The van der Waals surface area contributed by atoms with Crippen molar-refractivity contribution in [3.8, 4) is 0 Å². The normalized spacial score (nSPS) is 19.1. The summed E-state index contributed by atoms with van der Waals surface area (Å²) in [5.74, 6) is -0.00774. The van der Waals surface area contributed by atoms with E-state index in [1.54, 1.807) is 7.11 Å². The minimum absolute atomic E-state index is 0.140. The minimum atomic E-state index is -0.487. The van der Waals surface area contributed by atoms with E-state index in [0.29, 0.717) is 32.1 Å². The average molecular weight is 272 g/mol. The van der Waals surface area contributed by atoms with Gasteiger partial charge < -0.3 is 20.1 Å². The molecular formula is C13H24N2O4. The Bertz CT molecular complexity index is 303. The fourth-order valence-electron chi connectivity index (χ4n) is 1.72. The molecule has 0 aromatic heterocycles. The van der Waals surface area contributed by atoms with Gasteiger partial charge in [0.2, 0.25) is 5.91 Å². The van der Waals surface area contributed by atoms with Gasteiger partial charge in [-0.25, -0.2) is 0 Å². The lowest BCUT2D eigenvalue weighted by Crippen LogP contribution is -2.48. The minimum Gasteiger partial charge on any atom is -0.385 e. The average Bonchev–Trinajstić information content (AvgIpc) is 3.17. The van der Waals surface area contributed by atoms with Crippen LogP contribution in [-0.4, -0.2) is 50.8 Å². The van der Waals surface area contributed by atoms with Crippen molar-refractivity contribution in [2.24, 2.45) is 5.92 Å². The molecule has 1 fully saturated rings. The number of hydrogen-bond donors (Lipinski definition) is 2. The largest absolute Gasteiger partial charge is 0.385 e. The summed E-state index contributed by atoms with van der Waals surface area (Å²) >= 11 is 0. The van der Waals surface area contributed by atoms with Gasteiger partial charge in [0.05, 0.1) is 6.61 Å². The molecule has 0 radical (unpaired) electrons. The van der Waals surface area contributed by atoms with Crippen LogP contribution in [0.5, 0.6) is 0 Å². The van der Waals surface area contributed by atoms with Crippen LogP contribution in [0.4, 0.5) is 0 Å². The standard InChI is InChI=1S/C13H24N2O4/c1-9(2)7-10(15-13(17)11-8-19-11)12(16)14-5-4-6-18-3/h9-11H,4-8H2,1-3H3,(H,14,16)(H,15,17). The Kier molecular flexibility index (Phi) is 6.80. The van der Waals surface area contributed by atoms with Crippen LogP contribution in [0.2, 0.25) is 0 Å². The first-order valence-corrected chi connectivity index (χ1v) is 6.73. The van der Waals surface area contributed by atoms with E-state index in [-0.39, 0.29) is 17.9 Å². The van der Waals surface area contributed by atoms with Crippen molar-refractivity contribution in [3.05, 3.63) is 0 Å². The van der Waals surface area contributed by atoms with Crippen molar-refractivity contribution in [2.45, 2.75) is 38.8 Å². The lowest BCUT2D eigenvalue weighted by atomic mass is 10.0. The second-order valence-corrected chi connectivity index (χ2v) is 5.15. The Morgan fingerprint density at radius 1 is 1.42 bits per heavy atom. The highest BCUT2D eigenvalue weighted by Gasteiger charge is 2.34. The van der Waals surface area contributed by atoms with Crippen molar-refractivity contribution in [1.82, 2.24) is 10.6 Å². The van der Waals surface area contributed by atoms with Gasteiger partial charge in [-0.05, 0) is 18.8 Å². The Hall–Kier alpha value is -1.14. The maximum Gasteiger partial charge on any atom is 0.252 e. The summed E-state index contributed by atoms with van der Waals surface area (Å²) < 4.78 is 9.82. The summed E-state index contributed by atoms with van der Waals surface area (Å²) in [6.45, 7) is 5.65. The van der Waals surface area contributed by atoms with Crippen LogP contribution in [0.1, 0.15) is 26.7 Å². The zero-order valence-corrected chi connectivity index (χ0v) is 11.9. The predicted molar refractivity (Wildman–Crippen MR) is 70.6 cm³/mol. The Labute approximate surface area is 114 Å². The van der Waals surface area contributed by atoms with Gasteiger partial charge in [-0.2, -0.15) is 0 Å². The van der Waals surface area contributed by atoms with E-state index in [1.165, 1.54) is 0 Å². The second kappa shape index (κ2) is 8.12. The summed E-state index contributed by atoms with van der Waals surface area (Å²) in [5, 5.41) is 5.56. The first kappa shape index (κ1) is 15.9. The zero-order chi connectivity index (χ0) is 14.3. The van der Waals surface area contributed by atoms with E-state index < -0.39 is 6.04 Å². The Morgan fingerprint density at radius 2 is 2.11 bits per heavy atom. The number of hydrogen-bond acceptors (Lipinski definition) is 4. The number of nitrogens with one attached hydrogen (secondary N) is 2. The van der Waals surface area contributed by atoms with Crippen molar-refractivity contribution in [3.63, 3.8) is 0 Å². The highest BCUT2D eigenvalue weighted by molar-refractivity contribution is 5.90. The summed E-state index contributed by atoms with van der Waals surface area (Å²) in [4.78, 5) is 23.7. The molecule has 6 heteroatoms. The van der Waals surface area contributed by atoms with E-state index in [2.05, 4.69) is 10.6 Å². The molecule has 0 aliphatic carbocycles. The number of carbonyl (C=O) groups excluding carboxylic acids is 2. The van der Waals surface area contributed by atoms with Crippen molar-refractivity contribution >= 4 is 11.8 Å². The van der Waals surface area contributed by atoms with Crippen molar-refractivity contribution < 1.29 is 19.1 Å². The molecule has 1 saturated heterocycles. The summed E-state index contributed by atoms with van der Waals surface area (Å²) in [6.07, 6.45) is 1.01. The number of carbonyl (C=O) groups is 2. The molecule has 0 spiro atoms. The van der Waals surface area contributed by atoms with E-state index >= 15 is 0 Å². The highest BCUT2D eigenvalue weighted by Crippen LogP contribution is 2.11. The third-order valence-electron chi connectivity index (χ3n) is 2.79. The van der Waals surface area contributed by atoms with Crippen LogP contribution in [0.3, 0.4) is 0 Å². The first-order valence-electron chi connectivity index (χ1n) is 6.73. The van der Waals surface area contributed by atoms with Gasteiger partial charge in [-0.3, -0.25) is 9.59 Å². The second-order valence-electron chi connectivity index (χ2n) is 5.15. The van der Waals surface area contributed by atoms with E-state index in [4.69, 9.17) is 9.47 Å². The monoisotopic (exact) mass is 272 g/mol. The molecule has 0 saturated carbocycles. The lowest BCUT2D eigenvalue weighted by Gasteiger charge is -2.19. The van der Waals surface area contributed by atoms with E-state index in [9.17, 15) is 9.59 Å². The molecule has 19 heavy (non-hydrogen) atoms. The number of ether oxygens (including phenoxy) is 2. The first-order chi connectivity index (χ1) is 9.04. The molecule has 0 aromatic rings. The van der Waals surface area contributed by atoms with Crippen LogP contribution in [0, 0.1) is 5.92 Å². The van der Waals surface area contributed by atoms with Crippen LogP contribution in [0.25, 0.3) is 0 Å². The SMILES string of the molecule is COCCCNC(=O)C(CC(C)C)NC(=O)C1CO1. The van der Waals surface area contributed by atoms with Crippen LogP contribution < -0.4 is 10.6 Å². The third-order valence-corrected chi connectivity index (χ3v) is 2.79. The summed E-state index contributed by atoms with van der Waals surface area (Å²) in [7, 11) is 1.62. The quantitative estimate of drug-likeness (QED) is 0.460. The van der Waals surface area contributed by atoms with Gasteiger partial charge in [0.1, 0.15) is 6.04 Å². The Balaban J connectivity index is 2.37. The maximum absolute atomic E-state index is 12.0. The number of amides is 2. The van der Waals surface area contributed by atoms with Gasteiger partial charge in [0.15, 0.2) is 6.10 Å². The number of epoxide rings is 1. The highest BCUT2D eigenvalue weighted by atomic mass is 16.6. The molecule has 1 heterocycles. The summed E-state index contributed by atoms with van der Waals surface area (Å²) in [6, 6.07) is -0.487. The van der Waals surface area contributed by atoms with Crippen molar-refractivity contribution in [1.29, 1.82) is 0 Å². The predicted octanol–water partition coefficient (Wildman–Crippen LogP) is 0.0688. The van der Waals surface area contributed by atoms with Crippen LogP contribution in [-0.2, 0) is 19.1 Å². The lowest BCUT2D eigenvalue weighted by molar-refractivity contribution is -0.130. The topological polar surface area (TPSA) is 80.0 Å². The maximum atomic E-state index is 12.0. The van der Waals surface area contributed by atoms with Gasteiger partial charge in [-0.1, -0.05) is 13.8 Å². The molecule has 1 aliphatic heterocycles. The molecule has 2 amide bonds. The molecular weight excluding hydrogens is 248 g/mol. The molecule has 2 atom stereocenters. The number of rotatable bonds is 9. The number of methoxy groups -OCH3 is 1. The fourth-order valence-corrected chi connectivity index (χ4v) is 1.72. The van der Waals surface area contributed by atoms with E-state index in [1.807, 2.05) is 13.8 Å². The molecule has 0 bridgehead atoms. The molecule has 1 rings (SSSR count). The molecule has 0 aromatic carbocycles. The third kappa shape index (κ3) is 6.54. The van der Waals surface area contributed by atoms with Crippen LogP contribution >= 0.6 is 0 Å².